The Morgan fingerprint density at radius 1 is 1.35 bits per heavy atom. The van der Waals surface area contributed by atoms with Gasteiger partial charge in [0.15, 0.2) is 8.32 Å². The van der Waals surface area contributed by atoms with Crippen molar-refractivity contribution < 1.29 is 14.0 Å². The van der Waals surface area contributed by atoms with Gasteiger partial charge < -0.3 is 9.16 Å². The van der Waals surface area contributed by atoms with Gasteiger partial charge in [0, 0.05) is 18.9 Å². The van der Waals surface area contributed by atoms with E-state index in [2.05, 4.69) is 40.8 Å². The number of hydrogen-bond donors (Lipinski definition) is 0. The van der Waals surface area contributed by atoms with Crippen LogP contribution in [0.25, 0.3) is 0 Å². The van der Waals surface area contributed by atoms with E-state index in [1.807, 2.05) is 0 Å². The lowest BCUT2D eigenvalue weighted by Crippen LogP contribution is -2.46. The van der Waals surface area contributed by atoms with Gasteiger partial charge in [0.25, 0.3) is 0 Å². The number of carbonyl (C=O) groups is 1. The molecule has 3 atom stereocenters. The van der Waals surface area contributed by atoms with Crippen LogP contribution in [0.2, 0.25) is 18.1 Å². The molecule has 1 saturated carbocycles. The van der Waals surface area contributed by atoms with Crippen LogP contribution in [-0.4, -0.2) is 26.5 Å². The maximum absolute atomic E-state index is 11.6. The Labute approximate surface area is 124 Å². The molecule has 0 unspecified atom stereocenters. The predicted molar refractivity (Wildman–Crippen MR) is 83.1 cm³/mol. The summed E-state index contributed by atoms with van der Waals surface area (Å²) in [5, 5.41) is 0.233. The van der Waals surface area contributed by atoms with Gasteiger partial charge in [0.1, 0.15) is 5.60 Å². The molecule has 0 amide bonds. The number of ether oxygens (including phenoxy) is 1. The Morgan fingerprint density at radius 3 is 2.50 bits per heavy atom. The summed E-state index contributed by atoms with van der Waals surface area (Å²) < 4.78 is 12.2. The molecular formula is C16H30O3Si. The molecule has 1 aliphatic carbocycles. The smallest absolute Gasteiger partial charge is 0.306 e. The summed E-state index contributed by atoms with van der Waals surface area (Å²) in [4.78, 5) is 11.6. The third-order valence-electron chi connectivity index (χ3n) is 5.95. The van der Waals surface area contributed by atoms with E-state index in [4.69, 9.17) is 9.16 Å². The first-order valence-corrected chi connectivity index (χ1v) is 10.8. The zero-order valence-electron chi connectivity index (χ0n) is 13.9. The van der Waals surface area contributed by atoms with E-state index in [0.717, 1.165) is 25.9 Å². The molecule has 0 bridgehead atoms. The zero-order valence-corrected chi connectivity index (χ0v) is 14.9. The second-order valence-corrected chi connectivity index (χ2v) is 13.0. The van der Waals surface area contributed by atoms with Gasteiger partial charge in [-0.3, -0.25) is 4.79 Å². The highest BCUT2D eigenvalue weighted by molar-refractivity contribution is 6.74. The fourth-order valence-corrected chi connectivity index (χ4v) is 4.39. The second kappa shape index (κ2) is 5.13. The van der Waals surface area contributed by atoms with Crippen molar-refractivity contribution in [1.82, 2.24) is 0 Å². The summed E-state index contributed by atoms with van der Waals surface area (Å²) in [6.07, 6.45) is 3.75. The lowest BCUT2D eigenvalue weighted by atomic mass is 9.83. The van der Waals surface area contributed by atoms with Crippen molar-refractivity contribution in [1.29, 1.82) is 0 Å². The van der Waals surface area contributed by atoms with Crippen molar-refractivity contribution in [3.05, 3.63) is 0 Å². The van der Waals surface area contributed by atoms with Gasteiger partial charge >= 0.3 is 5.97 Å². The molecular weight excluding hydrogens is 268 g/mol. The van der Waals surface area contributed by atoms with Crippen LogP contribution in [0.15, 0.2) is 0 Å². The number of hydrogen-bond acceptors (Lipinski definition) is 3. The van der Waals surface area contributed by atoms with E-state index in [-0.39, 0.29) is 16.6 Å². The highest BCUT2D eigenvalue weighted by atomic mass is 28.4. The molecule has 1 spiro atoms. The molecule has 1 saturated heterocycles. The van der Waals surface area contributed by atoms with Crippen LogP contribution in [0, 0.1) is 11.8 Å². The lowest BCUT2D eigenvalue weighted by molar-refractivity contribution is -0.155. The average molecular weight is 298 g/mol. The van der Waals surface area contributed by atoms with Gasteiger partial charge in [-0.1, -0.05) is 27.7 Å². The normalized spacial score (nSPS) is 34.8. The van der Waals surface area contributed by atoms with Crippen molar-refractivity contribution >= 4 is 14.3 Å². The first-order chi connectivity index (χ1) is 9.08. The molecule has 0 aromatic carbocycles. The van der Waals surface area contributed by atoms with E-state index in [1.54, 1.807) is 0 Å². The molecule has 0 radical (unpaired) electrons. The minimum atomic E-state index is -1.72. The highest BCUT2D eigenvalue weighted by Crippen LogP contribution is 2.50. The summed E-state index contributed by atoms with van der Waals surface area (Å²) in [6.45, 7) is 14.4. The summed E-state index contributed by atoms with van der Waals surface area (Å²) in [7, 11) is -1.72. The minimum Gasteiger partial charge on any atom is -0.458 e. The molecule has 4 heteroatoms. The van der Waals surface area contributed by atoms with Crippen molar-refractivity contribution in [2.24, 2.45) is 11.8 Å². The third kappa shape index (κ3) is 2.69. The van der Waals surface area contributed by atoms with Crippen LogP contribution in [0.4, 0.5) is 0 Å². The van der Waals surface area contributed by atoms with Crippen LogP contribution >= 0.6 is 0 Å². The fraction of sp³-hybridized carbons (Fsp3) is 0.938. The molecule has 2 aliphatic rings. The molecule has 3 nitrogen and oxygen atoms in total. The molecule has 1 heterocycles. The highest BCUT2D eigenvalue weighted by Gasteiger charge is 2.54. The minimum absolute atomic E-state index is 0.0175. The van der Waals surface area contributed by atoms with Crippen molar-refractivity contribution in [3.63, 3.8) is 0 Å². The molecule has 0 aromatic heterocycles. The molecule has 20 heavy (non-hydrogen) atoms. The molecule has 0 N–H and O–H groups in total. The summed E-state index contributed by atoms with van der Waals surface area (Å²) in [6, 6.07) is 0. The van der Waals surface area contributed by atoms with Crippen molar-refractivity contribution in [3.8, 4) is 0 Å². The zero-order chi connectivity index (χ0) is 15.2. The van der Waals surface area contributed by atoms with E-state index in [0.29, 0.717) is 18.3 Å². The van der Waals surface area contributed by atoms with Crippen molar-refractivity contribution in [2.75, 3.05) is 6.61 Å². The number of carbonyl (C=O) groups excluding carboxylic acids is 1. The predicted octanol–water partition coefficient (Wildman–Crippen LogP) is 4.13. The SMILES string of the molecule is C[C@H]1CC[C@@H](CO[Si](C)(C)C(C)(C)C)[C@@]12CCC(=O)O2. The number of esters is 1. The van der Waals surface area contributed by atoms with Gasteiger partial charge in [0.2, 0.25) is 0 Å². The Bertz CT molecular complexity index is 386. The molecule has 2 rings (SSSR count). The van der Waals surface area contributed by atoms with E-state index in [1.165, 1.54) is 0 Å². The number of rotatable bonds is 3. The van der Waals surface area contributed by atoms with E-state index >= 15 is 0 Å². The maximum atomic E-state index is 11.6. The van der Waals surface area contributed by atoms with Gasteiger partial charge in [-0.15, -0.1) is 0 Å². The third-order valence-corrected chi connectivity index (χ3v) is 10.4. The summed E-state index contributed by atoms with van der Waals surface area (Å²) >= 11 is 0. The summed E-state index contributed by atoms with van der Waals surface area (Å²) in [5.74, 6) is 0.844. The lowest BCUT2D eigenvalue weighted by Gasteiger charge is -2.39. The molecule has 1 aliphatic heterocycles. The maximum Gasteiger partial charge on any atom is 0.306 e. The average Bonchev–Trinajstić information content (AvgIpc) is 2.83. The van der Waals surface area contributed by atoms with E-state index in [9.17, 15) is 4.79 Å². The second-order valence-electron chi connectivity index (χ2n) is 8.18. The largest absolute Gasteiger partial charge is 0.458 e. The quantitative estimate of drug-likeness (QED) is 0.580. The van der Waals surface area contributed by atoms with Crippen LogP contribution in [0.5, 0.6) is 0 Å². The Morgan fingerprint density at radius 2 is 2.00 bits per heavy atom. The van der Waals surface area contributed by atoms with Crippen molar-refractivity contribution in [2.45, 2.75) is 77.1 Å². The fourth-order valence-electron chi connectivity index (χ4n) is 3.34. The molecule has 2 fully saturated rings. The molecule has 116 valence electrons. The first kappa shape index (κ1) is 16.0. The molecule has 0 aromatic rings. The van der Waals surface area contributed by atoms with Crippen LogP contribution < -0.4 is 0 Å². The van der Waals surface area contributed by atoms with Gasteiger partial charge in [-0.25, -0.2) is 0 Å². The van der Waals surface area contributed by atoms with Crippen LogP contribution in [0.3, 0.4) is 0 Å². The topological polar surface area (TPSA) is 35.5 Å². The van der Waals surface area contributed by atoms with Crippen LogP contribution in [0.1, 0.15) is 53.4 Å². The van der Waals surface area contributed by atoms with Gasteiger partial charge in [0.05, 0.1) is 0 Å². The van der Waals surface area contributed by atoms with E-state index < -0.39 is 8.32 Å². The Kier molecular flexibility index (Phi) is 4.11. The van der Waals surface area contributed by atoms with Crippen LogP contribution in [-0.2, 0) is 14.0 Å². The Hall–Kier alpha value is -0.353. The summed E-state index contributed by atoms with van der Waals surface area (Å²) in [5.41, 5.74) is -0.223. The van der Waals surface area contributed by atoms with Gasteiger partial charge in [-0.2, -0.15) is 0 Å². The van der Waals surface area contributed by atoms with Gasteiger partial charge in [-0.05, 0) is 43.3 Å². The Balaban J connectivity index is 2.05. The monoisotopic (exact) mass is 298 g/mol. The first-order valence-electron chi connectivity index (χ1n) is 7.94. The standard InChI is InChI=1S/C16H30O3Si/c1-12-7-8-13(16(12)10-9-14(17)19-16)11-18-20(5,6)15(2,3)4/h12-13H,7-11H2,1-6H3/t12-,13-,16+/m0/s1.